The Morgan fingerprint density at radius 2 is 2.32 bits per heavy atom. The fourth-order valence-electron chi connectivity index (χ4n) is 1.66. The number of carbonyl (C=O) groups excluding carboxylic acids is 1. The lowest BCUT2D eigenvalue weighted by molar-refractivity contribution is -0.385. The van der Waals surface area contributed by atoms with E-state index in [9.17, 15) is 14.9 Å². The predicted octanol–water partition coefficient (Wildman–Crippen LogP) is 0.286. The molecule has 0 atom stereocenters. The summed E-state index contributed by atoms with van der Waals surface area (Å²) in [4.78, 5) is 23.6. The molecule has 0 radical (unpaired) electrons. The number of nitro groups is 1. The summed E-state index contributed by atoms with van der Waals surface area (Å²) >= 11 is 0. The van der Waals surface area contributed by atoms with Gasteiger partial charge in [0.25, 0.3) is 0 Å². The Hall–Kier alpha value is -1.96. The van der Waals surface area contributed by atoms with Gasteiger partial charge in [0.1, 0.15) is 6.20 Å². The Bertz CT molecular complexity index is 457. The lowest BCUT2D eigenvalue weighted by atomic mass is 10.3. The van der Waals surface area contributed by atoms with Crippen molar-refractivity contribution in [3.05, 3.63) is 22.0 Å². The first-order valence-electron chi connectivity index (χ1n) is 6.06. The topological polar surface area (TPSA) is 93.3 Å². The number of nitrogens with zero attached hydrogens (tertiary/aromatic N) is 4. The van der Waals surface area contributed by atoms with E-state index in [0.29, 0.717) is 12.2 Å². The number of aryl methyl sites for hydroxylation is 1. The van der Waals surface area contributed by atoms with Gasteiger partial charge in [0.05, 0.1) is 11.5 Å². The van der Waals surface area contributed by atoms with E-state index in [0.717, 1.165) is 6.42 Å². The van der Waals surface area contributed by atoms with Crippen LogP contribution in [0.1, 0.15) is 19.0 Å². The van der Waals surface area contributed by atoms with Crippen molar-refractivity contribution in [3.63, 3.8) is 0 Å². The highest BCUT2D eigenvalue weighted by Gasteiger charge is 2.20. The lowest BCUT2D eigenvalue weighted by Gasteiger charge is -2.14. The van der Waals surface area contributed by atoms with E-state index in [1.165, 1.54) is 10.9 Å². The summed E-state index contributed by atoms with van der Waals surface area (Å²) in [6.07, 6.45) is 2.24. The second-order valence-corrected chi connectivity index (χ2v) is 4.41. The van der Waals surface area contributed by atoms with Gasteiger partial charge in [0.2, 0.25) is 5.91 Å². The normalized spacial score (nSPS) is 10.7. The van der Waals surface area contributed by atoms with Crippen LogP contribution in [0.3, 0.4) is 0 Å². The Balaban J connectivity index is 2.59. The molecule has 1 N–H and O–H groups in total. The van der Waals surface area contributed by atoms with Gasteiger partial charge in [-0.3, -0.25) is 24.5 Å². The van der Waals surface area contributed by atoms with Gasteiger partial charge >= 0.3 is 5.69 Å². The zero-order valence-electron chi connectivity index (χ0n) is 11.4. The molecule has 0 unspecified atom stereocenters. The van der Waals surface area contributed by atoms with E-state index in [-0.39, 0.29) is 24.7 Å². The summed E-state index contributed by atoms with van der Waals surface area (Å²) in [6, 6.07) is 0. The van der Waals surface area contributed by atoms with Crippen LogP contribution in [0.15, 0.2) is 6.20 Å². The maximum atomic E-state index is 11.5. The van der Waals surface area contributed by atoms with E-state index in [4.69, 9.17) is 0 Å². The van der Waals surface area contributed by atoms with Gasteiger partial charge in [-0.05, 0) is 13.5 Å². The van der Waals surface area contributed by atoms with Crippen molar-refractivity contribution < 1.29 is 9.72 Å². The first-order chi connectivity index (χ1) is 8.93. The van der Waals surface area contributed by atoms with Crippen molar-refractivity contribution in [1.29, 1.82) is 0 Å². The van der Waals surface area contributed by atoms with Crippen molar-refractivity contribution in [1.82, 2.24) is 20.0 Å². The average Bonchev–Trinajstić information content (AvgIpc) is 2.67. The van der Waals surface area contributed by atoms with Crippen molar-refractivity contribution in [2.45, 2.75) is 19.9 Å². The largest absolute Gasteiger partial charge is 0.355 e. The van der Waals surface area contributed by atoms with Crippen LogP contribution in [0.4, 0.5) is 5.69 Å². The minimum Gasteiger partial charge on any atom is -0.355 e. The highest BCUT2D eigenvalue weighted by molar-refractivity contribution is 5.77. The molecular weight excluding hydrogens is 250 g/mol. The second kappa shape index (κ2) is 6.83. The molecule has 1 amide bonds. The third-order valence-electron chi connectivity index (χ3n) is 2.49. The monoisotopic (exact) mass is 269 g/mol. The van der Waals surface area contributed by atoms with Gasteiger partial charge in [-0.2, -0.15) is 5.10 Å². The van der Waals surface area contributed by atoms with Crippen LogP contribution in [-0.2, 0) is 18.4 Å². The van der Waals surface area contributed by atoms with Gasteiger partial charge < -0.3 is 5.32 Å². The molecule has 1 aromatic heterocycles. The Morgan fingerprint density at radius 3 is 2.89 bits per heavy atom. The summed E-state index contributed by atoms with van der Waals surface area (Å²) in [5.41, 5.74) is 0.335. The Kier molecular flexibility index (Phi) is 5.43. The van der Waals surface area contributed by atoms with Crippen LogP contribution in [0, 0.1) is 10.1 Å². The molecule has 0 aliphatic heterocycles. The van der Waals surface area contributed by atoms with E-state index in [1.807, 2.05) is 6.92 Å². The number of hydrogen-bond donors (Lipinski definition) is 1. The van der Waals surface area contributed by atoms with E-state index in [1.54, 1.807) is 19.0 Å². The smallest absolute Gasteiger partial charge is 0.311 e. The number of nitrogens with one attached hydrogen (secondary N) is 1. The summed E-state index contributed by atoms with van der Waals surface area (Å²) < 4.78 is 1.40. The number of hydrogen-bond acceptors (Lipinski definition) is 5. The van der Waals surface area contributed by atoms with E-state index in [2.05, 4.69) is 10.4 Å². The molecule has 0 bridgehead atoms. The highest BCUT2D eigenvalue weighted by atomic mass is 16.6. The van der Waals surface area contributed by atoms with Gasteiger partial charge in [-0.1, -0.05) is 6.92 Å². The standard InChI is InChI=1S/C11H19N5O3/c1-4-5-12-11(17)8-14(2)6-9-10(16(18)19)7-15(3)13-9/h7H,4-6,8H2,1-3H3,(H,12,17). The van der Waals surface area contributed by atoms with Crippen LogP contribution in [0.5, 0.6) is 0 Å². The molecule has 0 saturated carbocycles. The van der Waals surface area contributed by atoms with Crippen LogP contribution in [-0.4, -0.2) is 45.6 Å². The summed E-state index contributed by atoms with van der Waals surface area (Å²) in [7, 11) is 3.36. The fraction of sp³-hybridized carbons (Fsp3) is 0.636. The molecule has 0 aliphatic carbocycles. The molecule has 0 aliphatic rings. The zero-order valence-corrected chi connectivity index (χ0v) is 11.4. The minimum absolute atomic E-state index is 0.0247. The molecule has 0 spiro atoms. The molecule has 0 aromatic carbocycles. The molecule has 8 heteroatoms. The third-order valence-corrected chi connectivity index (χ3v) is 2.49. The number of amides is 1. The maximum Gasteiger partial charge on any atom is 0.311 e. The predicted molar refractivity (Wildman–Crippen MR) is 69.5 cm³/mol. The molecule has 19 heavy (non-hydrogen) atoms. The van der Waals surface area contributed by atoms with Crippen molar-refractivity contribution >= 4 is 11.6 Å². The van der Waals surface area contributed by atoms with Gasteiger partial charge in [-0.25, -0.2) is 0 Å². The molecule has 8 nitrogen and oxygen atoms in total. The first kappa shape index (κ1) is 15.1. The number of likely N-dealkylation sites (N-methyl/N-ethyl adjacent to an activating group) is 1. The Morgan fingerprint density at radius 1 is 1.63 bits per heavy atom. The molecule has 1 aromatic rings. The Labute approximate surface area is 111 Å². The molecule has 106 valence electrons. The van der Waals surface area contributed by atoms with Crippen LogP contribution < -0.4 is 5.32 Å². The van der Waals surface area contributed by atoms with Crippen LogP contribution in [0.25, 0.3) is 0 Å². The second-order valence-electron chi connectivity index (χ2n) is 4.41. The number of carbonyl (C=O) groups is 1. The summed E-state index contributed by atoms with van der Waals surface area (Å²) in [6.45, 7) is 3.06. The van der Waals surface area contributed by atoms with Crippen LogP contribution in [0.2, 0.25) is 0 Å². The van der Waals surface area contributed by atoms with E-state index >= 15 is 0 Å². The van der Waals surface area contributed by atoms with Crippen LogP contribution >= 0.6 is 0 Å². The van der Waals surface area contributed by atoms with Crippen molar-refractivity contribution in [2.75, 3.05) is 20.1 Å². The number of aromatic nitrogens is 2. The fourth-order valence-corrected chi connectivity index (χ4v) is 1.66. The van der Waals surface area contributed by atoms with Crippen molar-refractivity contribution in [3.8, 4) is 0 Å². The summed E-state index contributed by atoms with van der Waals surface area (Å²) in [5.74, 6) is -0.0945. The average molecular weight is 269 g/mol. The minimum atomic E-state index is -0.465. The third kappa shape index (κ3) is 4.66. The molecule has 1 rings (SSSR count). The highest BCUT2D eigenvalue weighted by Crippen LogP contribution is 2.17. The molecular formula is C11H19N5O3. The maximum absolute atomic E-state index is 11.5. The van der Waals surface area contributed by atoms with Gasteiger partial charge in [0, 0.05) is 20.1 Å². The molecule has 1 heterocycles. The summed E-state index contributed by atoms with van der Waals surface area (Å²) in [5, 5.41) is 17.6. The quantitative estimate of drug-likeness (QED) is 0.567. The first-order valence-corrected chi connectivity index (χ1v) is 6.06. The van der Waals surface area contributed by atoms with E-state index < -0.39 is 4.92 Å². The van der Waals surface area contributed by atoms with Gasteiger partial charge in [-0.15, -0.1) is 0 Å². The lowest BCUT2D eigenvalue weighted by Crippen LogP contribution is -2.35. The van der Waals surface area contributed by atoms with Gasteiger partial charge in [0.15, 0.2) is 5.69 Å². The van der Waals surface area contributed by atoms with Crippen molar-refractivity contribution in [2.24, 2.45) is 7.05 Å². The molecule has 0 saturated heterocycles. The SMILES string of the molecule is CCCNC(=O)CN(C)Cc1nn(C)cc1[N+](=O)[O-]. The number of rotatable bonds is 7. The molecule has 0 fully saturated rings. The zero-order chi connectivity index (χ0) is 14.4.